The Morgan fingerprint density at radius 2 is 1.69 bits per heavy atom. The lowest BCUT2D eigenvalue weighted by Gasteiger charge is -2.17. The summed E-state index contributed by atoms with van der Waals surface area (Å²) in [5.41, 5.74) is 1.53. The SMILES string of the molecule is CN(Cc1ccccc1)S(=O)(=O)c1ccc(N=Nc2cc(Br)cc(Cl)c2O)cc1. The Balaban J connectivity index is 1.77. The quantitative estimate of drug-likeness (QED) is 0.424. The van der Waals surface area contributed by atoms with Gasteiger partial charge in [-0.1, -0.05) is 57.9 Å². The van der Waals surface area contributed by atoms with E-state index in [4.69, 9.17) is 11.6 Å². The molecule has 0 aliphatic heterocycles. The summed E-state index contributed by atoms with van der Waals surface area (Å²) in [6.45, 7) is 0.271. The van der Waals surface area contributed by atoms with Gasteiger partial charge in [0.05, 0.1) is 15.6 Å². The molecule has 0 saturated carbocycles. The van der Waals surface area contributed by atoms with E-state index in [0.717, 1.165) is 5.56 Å². The number of halogens is 2. The number of rotatable bonds is 6. The lowest BCUT2D eigenvalue weighted by Crippen LogP contribution is -2.26. The monoisotopic (exact) mass is 493 g/mol. The van der Waals surface area contributed by atoms with Crippen molar-refractivity contribution in [2.45, 2.75) is 11.4 Å². The van der Waals surface area contributed by atoms with E-state index in [-0.39, 0.29) is 27.9 Å². The number of phenolic OH excluding ortho intramolecular Hbond substituents is 1. The van der Waals surface area contributed by atoms with Crippen LogP contribution >= 0.6 is 27.5 Å². The Labute approximate surface area is 182 Å². The molecule has 0 fully saturated rings. The van der Waals surface area contributed by atoms with Gasteiger partial charge in [0.1, 0.15) is 5.69 Å². The highest BCUT2D eigenvalue weighted by Crippen LogP contribution is 2.37. The summed E-state index contributed by atoms with van der Waals surface area (Å²) < 4.78 is 27.5. The molecule has 0 saturated heterocycles. The van der Waals surface area contributed by atoms with Gasteiger partial charge in [0.2, 0.25) is 10.0 Å². The molecule has 0 heterocycles. The van der Waals surface area contributed by atoms with Crippen LogP contribution in [0.2, 0.25) is 5.02 Å². The maximum absolute atomic E-state index is 12.8. The highest BCUT2D eigenvalue weighted by atomic mass is 79.9. The first-order valence-corrected chi connectivity index (χ1v) is 11.1. The molecule has 0 amide bonds. The molecular weight excluding hydrogens is 478 g/mol. The van der Waals surface area contributed by atoms with Crippen molar-refractivity contribution in [1.29, 1.82) is 0 Å². The number of hydrogen-bond donors (Lipinski definition) is 1. The molecule has 0 bridgehead atoms. The van der Waals surface area contributed by atoms with Crippen molar-refractivity contribution in [3.05, 3.63) is 81.8 Å². The maximum Gasteiger partial charge on any atom is 0.243 e. The first-order chi connectivity index (χ1) is 13.8. The fourth-order valence-electron chi connectivity index (χ4n) is 2.53. The molecule has 0 radical (unpaired) electrons. The number of aromatic hydroxyl groups is 1. The highest BCUT2D eigenvalue weighted by molar-refractivity contribution is 9.10. The molecule has 6 nitrogen and oxygen atoms in total. The van der Waals surface area contributed by atoms with E-state index in [2.05, 4.69) is 26.2 Å². The second kappa shape index (κ2) is 9.04. The van der Waals surface area contributed by atoms with Gasteiger partial charge in [0.25, 0.3) is 0 Å². The summed E-state index contributed by atoms with van der Waals surface area (Å²) in [6, 6.07) is 18.5. The van der Waals surface area contributed by atoms with Gasteiger partial charge in [-0.25, -0.2) is 8.42 Å². The third-order valence-corrected chi connectivity index (χ3v) is 6.64. The smallest absolute Gasteiger partial charge is 0.243 e. The average molecular weight is 495 g/mol. The van der Waals surface area contributed by atoms with Crippen LogP contribution < -0.4 is 0 Å². The van der Waals surface area contributed by atoms with Gasteiger partial charge in [0.15, 0.2) is 5.75 Å². The third kappa shape index (κ3) is 5.22. The minimum Gasteiger partial charge on any atom is -0.504 e. The normalized spacial score (nSPS) is 12.0. The summed E-state index contributed by atoms with van der Waals surface area (Å²) in [7, 11) is -2.10. The molecule has 0 aliphatic carbocycles. The van der Waals surface area contributed by atoms with Gasteiger partial charge in [-0.15, -0.1) is 5.11 Å². The maximum atomic E-state index is 12.8. The van der Waals surface area contributed by atoms with Crippen LogP contribution in [0, 0.1) is 0 Å². The fourth-order valence-corrected chi connectivity index (χ4v) is 4.48. The van der Waals surface area contributed by atoms with Crippen LogP contribution in [0.1, 0.15) is 5.56 Å². The van der Waals surface area contributed by atoms with Gasteiger partial charge in [-0.2, -0.15) is 9.42 Å². The Hall–Kier alpha value is -2.26. The predicted octanol–water partition coefficient (Wildman–Crippen LogP) is 6.04. The van der Waals surface area contributed by atoms with E-state index in [1.54, 1.807) is 24.3 Å². The molecule has 29 heavy (non-hydrogen) atoms. The summed E-state index contributed by atoms with van der Waals surface area (Å²) >= 11 is 9.18. The molecule has 3 aromatic rings. The molecule has 3 rings (SSSR count). The van der Waals surface area contributed by atoms with Crippen LogP contribution in [0.4, 0.5) is 11.4 Å². The zero-order chi connectivity index (χ0) is 21.0. The Kier molecular flexibility index (Phi) is 6.69. The average Bonchev–Trinajstić information content (AvgIpc) is 2.70. The number of nitrogens with zero attached hydrogens (tertiary/aromatic N) is 3. The van der Waals surface area contributed by atoms with E-state index >= 15 is 0 Å². The van der Waals surface area contributed by atoms with Crippen molar-refractivity contribution in [1.82, 2.24) is 4.31 Å². The van der Waals surface area contributed by atoms with Crippen molar-refractivity contribution in [2.24, 2.45) is 10.2 Å². The van der Waals surface area contributed by atoms with Gasteiger partial charge < -0.3 is 5.11 Å². The van der Waals surface area contributed by atoms with Gasteiger partial charge in [0, 0.05) is 18.1 Å². The zero-order valence-electron chi connectivity index (χ0n) is 15.3. The largest absolute Gasteiger partial charge is 0.504 e. The number of sulfonamides is 1. The van der Waals surface area contributed by atoms with E-state index in [1.165, 1.54) is 23.5 Å². The topological polar surface area (TPSA) is 82.3 Å². The molecule has 0 aliphatic rings. The number of hydrogen-bond acceptors (Lipinski definition) is 5. The van der Waals surface area contributed by atoms with Crippen LogP contribution in [0.15, 0.2) is 86.3 Å². The van der Waals surface area contributed by atoms with Crippen LogP contribution in [-0.2, 0) is 16.6 Å². The van der Waals surface area contributed by atoms with Gasteiger partial charge in [-0.3, -0.25) is 0 Å². The zero-order valence-corrected chi connectivity index (χ0v) is 18.5. The van der Waals surface area contributed by atoms with E-state index in [0.29, 0.717) is 10.2 Å². The molecule has 9 heteroatoms. The summed E-state index contributed by atoms with van der Waals surface area (Å²) in [4.78, 5) is 0.156. The van der Waals surface area contributed by atoms with E-state index in [1.807, 2.05) is 30.3 Å². The summed E-state index contributed by atoms with van der Waals surface area (Å²) in [5, 5.41) is 18.1. The van der Waals surface area contributed by atoms with Crippen molar-refractivity contribution in [2.75, 3.05) is 7.05 Å². The molecule has 0 unspecified atom stereocenters. The fraction of sp³-hybridized carbons (Fsp3) is 0.100. The first-order valence-electron chi connectivity index (χ1n) is 8.47. The third-order valence-electron chi connectivity index (χ3n) is 4.07. The standard InChI is InChI=1S/C20H17BrClN3O3S/c1-25(13-14-5-3-2-4-6-14)29(27,28)17-9-7-16(8-10-17)23-24-19-12-15(21)11-18(22)20(19)26/h2-12,26H,13H2,1H3. The number of phenols is 1. The molecule has 0 aromatic heterocycles. The van der Waals surface area contributed by atoms with Crippen LogP contribution in [0.5, 0.6) is 5.75 Å². The lowest BCUT2D eigenvalue weighted by molar-refractivity contribution is 0.467. The van der Waals surface area contributed by atoms with E-state index < -0.39 is 10.0 Å². The van der Waals surface area contributed by atoms with Crippen molar-refractivity contribution in [3.8, 4) is 5.75 Å². The molecule has 150 valence electrons. The molecule has 0 atom stereocenters. The van der Waals surface area contributed by atoms with Crippen LogP contribution in [0.25, 0.3) is 0 Å². The van der Waals surface area contributed by atoms with Gasteiger partial charge >= 0.3 is 0 Å². The van der Waals surface area contributed by atoms with Crippen LogP contribution in [0.3, 0.4) is 0 Å². The number of azo groups is 1. The van der Waals surface area contributed by atoms with Crippen LogP contribution in [-0.4, -0.2) is 24.9 Å². The highest BCUT2D eigenvalue weighted by Gasteiger charge is 2.20. The molecule has 3 aromatic carbocycles. The lowest BCUT2D eigenvalue weighted by atomic mass is 10.2. The summed E-state index contributed by atoms with van der Waals surface area (Å²) in [5.74, 6) is -0.180. The van der Waals surface area contributed by atoms with Crippen molar-refractivity contribution >= 4 is 48.9 Å². The molecular formula is C20H17BrClN3O3S. The molecule has 1 N–H and O–H groups in total. The van der Waals surface area contributed by atoms with Crippen molar-refractivity contribution in [3.63, 3.8) is 0 Å². The Morgan fingerprint density at radius 1 is 1.03 bits per heavy atom. The summed E-state index contributed by atoms with van der Waals surface area (Å²) in [6.07, 6.45) is 0. The minimum absolute atomic E-state index is 0.149. The number of benzene rings is 3. The van der Waals surface area contributed by atoms with Crippen molar-refractivity contribution < 1.29 is 13.5 Å². The minimum atomic E-state index is -3.64. The first kappa shape index (κ1) is 21.4. The Morgan fingerprint density at radius 3 is 2.34 bits per heavy atom. The second-order valence-electron chi connectivity index (χ2n) is 6.20. The van der Waals surface area contributed by atoms with E-state index in [9.17, 15) is 13.5 Å². The second-order valence-corrected chi connectivity index (χ2v) is 9.56. The molecule has 0 spiro atoms. The predicted molar refractivity (Wildman–Crippen MR) is 117 cm³/mol. The Bertz CT molecular complexity index is 1140. The van der Waals surface area contributed by atoms with Gasteiger partial charge in [-0.05, 0) is 42.0 Å².